The Morgan fingerprint density at radius 1 is 0.404 bits per heavy atom. The average Bonchev–Trinajstić information content (AvgIpc) is 3.86. The van der Waals surface area contributed by atoms with Crippen LogP contribution in [0.1, 0.15) is 0 Å². The lowest BCUT2D eigenvalue weighted by Gasteiger charge is -2.11. The van der Waals surface area contributed by atoms with Gasteiger partial charge in [0.25, 0.3) is 0 Å². The van der Waals surface area contributed by atoms with E-state index in [1.165, 1.54) is 49.3 Å². The highest BCUT2D eigenvalue weighted by Gasteiger charge is 2.25. The molecule has 4 nitrogen and oxygen atoms in total. The summed E-state index contributed by atoms with van der Waals surface area (Å²) < 4.78 is 8.92. The first kappa shape index (κ1) is 27.7. The van der Waals surface area contributed by atoms with Crippen molar-refractivity contribution in [2.75, 3.05) is 0 Å². The molecule has 3 aromatic heterocycles. The van der Waals surface area contributed by atoms with Gasteiger partial charge in [-0.3, -0.25) is 0 Å². The molecule has 0 unspecified atom stereocenters. The Kier molecular flexibility index (Phi) is 5.47. The van der Waals surface area contributed by atoms with Crippen molar-refractivity contribution in [3.8, 4) is 50.6 Å². The molecule has 8 aromatic carbocycles. The highest BCUT2D eigenvalue weighted by molar-refractivity contribution is 6.28. The summed E-state index contributed by atoms with van der Waals surface area (Å²) in [6, 6.07) is 58.2. The Balaban J connectivity index is 1.08. The SMILES string of the molecule is c1ccc(-n2c3ccccc3c3ccc(-c4nc(-c5ccc6oc7cc8c9c(cccc9c7c6c5)-c5ccccc5-8)nc5ccccc45)cc32)cc1. The minimum atomic E-state index is 0.687. The molecule has 12 rings (SSSR count). The van der Waals surface area contributed by atoms with E-state index in [1.54, 1.807) is 0 Å². The molecule has 0 saturated carbocycles. The van der Waals surface area contributed by atoms with E-state index in [-0.39, 0.29) is 0 Å². The fraction of sp³-hybridized carbons (Fsp3) is 0. The molecule has 11 aromatic rings. The Morgan fingerprint density at radius 2 is 1.12 bits per heavy atom. The second-order valence-corrected chi connectivity index (χ2v) is 13.7. The van der Waals surface area contributed by atoms with Gasteiger partial charge in [-0.1, -0.05) is 109 Å². The summed E-state index contributed by atoms with van der Waals surface area (Å²) in [6.07, 6.45) is 0. The number of hydrogen-bond acceptors (Lipinski definition) is 3. The van der Waals surface area contributed by atoms with Gasteiger partial charge < -0.3 is 8.98 Å². The number of hydrogen-bond donors (Lipinski definition) is 0. The quantitative estimate of drug-likeness (QED) is 0.189. The molecular weight excluding hydrogens is 635 g/mol. The molecular formula is C48H27N3O. The molecule has 3 heterocycles. The highest BCUT2D eigenvalue weighted by atomic mass is 16.3. The van der Waals surface area contributed by atoms with E-state index in [1.807, 2.05) is 6.07 Å². The van der Waals surface area contributed by atoms with Gasteiger partial charge in [-0.2, -0.15) is 0 Å². The van der Waals surface area contributed by atoms with E-state index in [9.17, 15) is 0 Å². The van der Waals surface area contributed by atoms with Crippen molar-refractivity contribution in [3.63, 3.8) is 0 Å². The first-order valence-corrected chi connectivity index (χ1v) is 17.7. The van der Waals surface area contributed by atoms with E-state index in [0.29, 0.717) is 5.82 Å². The molecule has 0 amide bonds. The first-order valence-electron chi connectivity index (χ1n) is 17.7. The number of furan rings is 1. The lowest BCUT2D eigenvalue weighted by molar-refractivity contribution is 0.669. The van der Waals surface area contributed by atoms with Crippen LogP contribution >= 0.6 is 0 Å². The van der Waals surface area contributed by atoms with Crippen LogP contribution in [0.5, 0.6) is 0 Å². The second-order valence-electron chi connectivity index (χ2n) is 13.7. The molecule has 0 spiro atoms. The second kappa shape index (κ2) is 10.3. The van der Waals surface area contributed by atoms with E-state index in [4.69, 9.17) is 14.4 Å². The topological polar surface area (TPSA) is 43.9 Å². The van der Waals surface area contributed by atoms with Crippen LogP contribution in [0.25, 0.3) is 116 Å². The largest absolute Gasteiger partial charge is 0.456 e. The van der Waals surface area contributed by atoms with Gasteiger partial charge in [0.2, 0.25) is 0 Å². The molecule has 0 N–H and O–H groups in total. The maximum Gasteiger partial charge on any atom is 0.160 e. The van der Waals surface area contributed by atoms with Crippen molar-refractivity contribution in [3.05, 3.63) is 164 Å². The van der Waals surface area contributed by atoms with E-state index >= 15 is 0 Å². The van der Waals surface area contributed by atoms with Crippen molar-refractivity contribution in [1.82, 2.24) is 14.5 Å². The molecule has 1 aliphatic carbocycles. The predicted octanol–water partition coefficient (Wildman–Crippen LogP) is 12.8. The molecule has 0 bridgehead atoms. The summed E-state index contributed by atoms with van der Waals surface area (Å²) >= 11 is 0. The number of para-hydroxylation sites is 3. The lowest BCUT2D eigenvalue weighted by atomic mass is 9.97. The van der Waals surface area contributed by atoms with Gasteiger partial charge in [0.15, 0.2) is 5.82 Å². The molecule has 1 aliphatic rings. The average molecular weight is 662 g/mol. The fourth-order valence-corrected chi connectivity index (χ4v) is 8.68. The summed E-state index contributed by atoms with van der Waals surface area (Å²) in [4.78, 5) is 10.5. The van der Waals surface area contributed by atoms with Crippen molar-refractivity contribution in [2.45, 2.75) is 0 Å². The molecule has 52 heavy (non-hydrogen) atoms. The maximum atomic E-state index is 6.57. The van der Waals surface area contributed by atoms with Gasteiger partial charge in [-0.15, -0.1) is 0 Å². The third kappa shape index (κ3) is 3.75. The lowest BCUT2D eigenvalue weighted by Crippen LogP contribution is -1.96. The zero-order valence-electron chi connectivity index (χ0n) is 27.8. The number of aromatic nitrogens is 3. The third-order valence-electron chi connectivity index (χ3n) is 10.9. The number of fused-ring (bicyclic) bond motifs is 11. The van der Waals surface area contributed by atoms with Crippen LogP contribution in [-0.4, -0.2) is 14.5 Å². The van der Waals surface area contributed by atoms with Gasteiger partial charge in [-0.25, -0.2) is 9.97 Å². The fourth-order valence-electron chi connectivity index (χ4n) is 8.68. The van der Waals surface area contributed by atoms with E-state index in [2.05, 4.69) is 162 Å². The predicted molar refractivity (Wildman–Crippen MR) is 214 cm³/mol. The summed E-state index contributed by atoms with van der Waals surface area (Å²) in [5, 5.41) is 8.16. The van der Waals surface area contributed by atoms with Gasteiger partial charge in [0, 0.05) is 43.7 Å². The van der Waals surface area contributed by atoms with Crippen LogP contribution < -0.4 is 0 Å². The third-order valence-corrected chi connectivity index (χ3v) is 10.9. The smallest absolute Gasteiger partial charge is 0.160 e. The highest BCUT2D eigenvalue weighted by Crippen LogP contribution is 2.51. The minimum Gasteiger partial charge on any atom is -0.456 e. The van der Waals surface area contributed by atoms with E-state index in [0.717, 1.165) is 60.9 Å². The van der Waals surface area contributed by atoms with Crippen LogP contribution in [0.15, 0.2) is 168 Å². The van der Waals surface area contributed by atoms with Crippen LogP contribution in [0.4, 0.5) is 0 Å². The standard InChI is InChI=1S/C48H27N3O/c1-2-11-30(12-3-1)51-41-20-9-7-15-33(41)34-23-21-28(26-42(34)51)47-36-16-6-8-19-40(36)49-48(50-47)29-22-24-43-39(25-29)46-37-18-10-17-35-31-13-4-5-14-32(31)38(45(35)37)27-44(46)52-43/h1-27H. The molecule has 0 aliphatic heterocycles. The number of rotatable bonds is 3. The molecule has 4 heteroatoms. The van der Waals surface area contributed by atoms with Crippen molar-refractivity contribution in [2.24, 2.45) is 0 Å². The molecule has 0 radical (unpaired) electrons. The van der Waals surface area contributed by atoms with Gasteiger partial charge in [-0.05, 0) is 87.6 Å². The first-order chi connectivity index (χ1) is 25.8. The van der Waals surface area contributed by atoms with Gasteiger partial charge >= 0.3 is 0 Å². The Bertz CT molecular complexity index is 3300. The van der Waals surface area contributed by atoms with Crippen LogP contribution in [0.2, 0.25) is 0 Å². The van der Waals surface area contributed by atoms with Crippen LogP contribution in [0.3, 0.4) is 0 Å². The zero-order valence-corrected chi connectivity index (χ0v) is 27.8. The number of nitrogens with zero attached hydrogens (tertiary/aromatic N) is 3. The molecule has 240 valence electrons. The van der Waals surface area contributed by atoms with E-state index < -0.39 is 0 Å². The van der Waals surface area contributed by atoms with Crippen molar-refractivity contribution >= 4 is 65.4 Å². The monoisotopic (exact) mass is 661 g/mol. The summed E-state index contributed by atoms with van der Waals surface area (Å²) in [5.74, 6) is 0.687. The van der Waals surface area contributed by atoms with Gasteiger partial charge in [0.05, 0.1) is 22.2 Å². The zero-order chi connectivity index (χ0) is 33.9. The Labute approximate surface area is 297 Å². The Morgan fingerprint density at radius 3 is 2.02 bits per heavy atom. The van der Waals surface area contributed by atoms with Crippen molar-refractivity contribution in [1.29, 1.82) is 0 Å². The molecule has 0 fully saturated rings. The normalized spacial score (nSPS) is 12.2. The summed E-state index contributed by atoms with van der Waals surface area (Å²) in [6.45, 7) is 0. The molecule has 0 saturated heterocycles. The van der Waals surface area contributed by atoms with Crippen LogP contribution in [0, 0.1) is 0 Å². The van der Waals surface area contributed by atoms with Gasteiger partial charge in [0.1, 0.15) is 11.2 Å². The number of benzene rings is 8. The maximum absolute atomic E-state index is 6.57. The minimum absolute atomic E-state index is 0.687. The van der Waals surface area contributed by atoms with Crippen LogP contribution in [-0.2, 0) is 0 Å². The summed E-state index contributed by atoms with van der Waals surface area (Å²) in [5.41, 5.74) is 14.1. The van der Waals surface area contributed by atoms with Crippen molar-refractivity contribution < 1.29 is 4.42 Å². The molecule has 0 atom stereocenters. The Hall–Kier alpha value is -7.04. The summed E-state index contributed by atoms with van der Waals surface area (Å²) in [7, 11) is 0.